The van der Waals surface area contributed by atoms with Crippen molar-refractivity contribution in [2.45, 2.75) is 43.3 Å². The number of aromatic amines is 1. The number of carbonyl (C=O) groups is 1. The molecule has 0 saturated heterocycles. The molecule has 0 spiro atoms. The molecule has 0 fully saturated rings. The Labute approximate surface area is 175 Å². The lowest BCUT2D eigenvalue weighted by Crippen LogP contribution is -2.35. The zero-order valence-corrected chi connectivity index (χ0v) is 16.9. The topological polar surface area (TPSA) is 62.0 Å². The third kappa shape index (κ3) is 3.84. The minimum atomic E-state index is -4.68. The molecule has 8 heteroatoms. The predicted octanol–water partition coefficient (Wildman–Crippen LogP) is 5.14. The van der Waals surface area contributed by atoms with Crippen molar-refractivity contribution in [1.29, 1.82) is 0 Å². The van der Waals surface area contributed by atoms with Gasteiger partial charge in [-0.3, -0.25) is 9.59 Å². The molecule has 1 amide bonds. The molecule has 1 atom stereocenters. The van der Waals surface area contributed by atoms with Gasteiger partial charge in [-0.2, -0.15) is 13.2 Å². The molecule has 0 saturated carbocycles. The Balaban J connectivity index is 1.71. The molecule has 2 N–H and O–H groups in total. The lowest BCUT2D eigenvalue weighted by atomic mass is 9.91. The monoisotopic (exact) mass is 432 g/mol. The number of allylic oxidation sites excluding steroid dienone is 2. The van der Waals surface area contributed by atoms with Crippen LogP contribution in [0.3, 0.4) is 0 Å². The van der Waals surface area contributed by atoms with E-state index >= 15 is 0 Å². The lowest BCUT2D eigenvalue weighted by molar-refractivity contribution is -0.141. The van der Waals surface area contributed by atoms with Crippen molar-refractivity contribution in [3.8, 4) is 0 Å². The fourth-order valence-electron chi connectivity index (χ4n) is 3.65. The molecule has 2 aromatic rings. The second-order valence-electron chi connectivity index (χ2n) is 7.17. The summed E-state index contributed by atoms with van der Waals surface area (Å²) in [5.41, 5.74) is 0.408. The van der Waals surface area contributed by atoms with Gasteiger partial charge in [0.15, 0.2) is 0 Å². The first-order chi connectivity index (χ1) is 14.3. The molecule has 0 radical (unpaired) electrons. The number of aromatic nitrogens is 1. The van der Waals surface area contributed by atoms with Crippen molar-refractivity contribution in [3.63, 3.8) is 0 Å². The Kier molecular flexibility index (Phi) is 5.36. The minimum absolute atomic E-state index is 0.351. The Morgan fingerprint density at radius 1 is 1.27 bits per heavy atom. The normalized spacial score (nSPS) is 18.1. The first-order valence-corrected chi connectivity index (χ1v) is 10.4. The van der Waals surface area contributed by atoms with Crippen LogP contribution in [0.2, 0.25) is 0 Å². The van der Waals surface area contributed by atoms with Crippen molar-refractivity contribution in [2.24, 2.45) is 0 Å². The number of rotatable bonds is 3. The maximum Gasteiger partial charge on any atom is 0.431 e. The van der Waals surface area contributed by atoms with Gasteiger partial charge in [0.2, 0.25) is 0 Å². The number of alkyl halides is 3. The van der Waals surface area contributed by atoms with Crippen LogP contribution in [0.15, 0.2) is 62.7 Å². The van der Waals surface area contributed by atoms with E-state index in [0.717, 1.165) is 51.8 Å². The average Bonchev–Trinajstić information content (AvgIpc) is 2.72. The van der Waals surface area contributed by atoms with E-state index < -0.39 is 29.4 Å². The van der Waals surface area contributed by atoms with E-state index in [2.05, 4.69) is 11.4 Å². The Hall–Kier alpha value is -2.74. The van der Waals surface area contributed by atoms with Crippen molar-refractivity contribution in [2.75, 3.05) is 0 Å². The molecule has 1 unspecified atom stereocenters. The molecule has 1 aliphatic carbocycles. The molecular formula is C22H19F3N2O2S. The Morgan fingerprint density at radius 2 is 2.07 bits per heavy atom. The number of amides is 1. The number of benzene rings is 1. The van der Waals surface area contributed by atoms with Crippen LogP contribution in [0.1, 0.15) is 53.0 Å². The van der Waals surface area contributed by atoms with Gasteiger partial charge in [-0.1, -0.05) is 43.0 Å². The number of thioether (sulfide) groups is 1. The van der Waals surface area contributed by atoms with Gasteiger partial charge in [-0.15, -0.1) is 0 Å². The van der Waals surface area contributed by atoms with E-state index in [-0.39, 0.29) is 5.56 Å². The number of H-pyrrole nitrogens is 1. The SMILES string of the molecule is CCc1ccc2c(c1)C(NC(=O)c1ccc(C(F)(F)F)[nH]c1=O)C1=C(CCC=C1)S2. The van der Waals surface area contributed by atoms with Crippen LogP contribution in [0.5, 0.6) is 0 Å². The number of aryl methyl sites for hydroxylation is 1. The number of pyridine rings is 1. The summed E-state index contributed by atoms with van der Waals surface area (Å²) in [6, 6.07) is 7.29. The molecule has 4 rings (SSSR count). The third-order valence-electron chi connectivity index (χ3n) is 5.23. The standard InChI is InChI=1S/C22H19F3N2O2S/c1-2-12-7-9-17-15(11-12)19(13-5-3-4-6-16(13)30-17)27-21(29)14-8-10-18(22(23,24)25)26-20(14)28/h3,5,7-11,19H,2,4,6H2,1H3,(H,26,28)(H,27,29). The maximum absolute atomic E-state index is 12.9. The summed E-state index contributed by atoms with van der Waals surface area (Å²) in [5, 5.41) is 2.88. The summed E-state index contributed by atoms with van der Waals surface area (Å²) in [4.78, 5) is 29.0. The molecule has 4 nitrogen and oxygen atoms in total. The van der Waals surface area contributed by atoms with Gasteiger partial charge in [0.1, 0.15) is 11.3 Å². The molecular weight excluding hydrogens is 413 g/mol. The van der Waals surface area contributed by atoms with Crippen LogP contribution in [-0.4, -0.2) is 10.9 Å². The van der Waals surface area contributed by atoms with E-state index in [1.165, 1.54) is 0 Å². The first-order valence-electron chi connectivity index (χ1n) is 9.59. The lowest BCUT2D eigenvalue weighted by Gasteiger charge is -2.31. The quantitative estimate of drug-likeness (QED) is 0.706. The number of halogens is 3. The van der Waals surface area contributed by atoms with Crippen LogP contribution in [0.25, 0.3) is 0 Å². The Bertz CT molecular complexity index is 1130. The van der Waals surface area contributed by atoms with E-state index in [0.29, 0.717) is 6.07 Å². The highest BCUT2D eigenvalue weighted by Gasteiger charge is 2.33. The number of carbonyl (C=O) groups excluding carboxylic acids is 1. The largest absolute Gasteiger partial charge is 0.431 e. The molecule has 1 aromatic heterocycles. The van der Waals surface area contributed by atoms with Gasteiger partial charge in [0.05, 0.1) is 6.04 Å². The zero-order chi connectivity index (χ0) is 21.5. The molecule has 30 heavy (non-hydrogen) atoms. The van der Waals surface area contributed by atoms with Crippen molar-refractivity contribution < 1.29 is 18.0 Å². The van der Waals surface area contributed by atoms with Crippen LogP contribution in [-0.2, 0) is 12.6 Å². The minimum Gasteiger partial charge on any atom is -0.341 e. The van der Waals surface area contributed by atoms with E-state index in [1.807, 2.05) is 31.2 Å². The predicted molar refractivity (Wildman–Crippen MR) is 109 cm³/mol. The molecule has 1 aliphatic heterocycles. The van der Waals surface area contributed by atoms with Crippen LogP contribution >= 0.6 is 11.8 Å². The number of hydrogen-bond donors (Lipinski definition) is 2. The second kappa shape index (κ2) is 7.83. The number of fused-ring (bicyclic) bond motifs is 1. The molecule has 2 aliphatic rings. The van der Waals surface area contributed by atoms with Gasteiger partial charge >= 0.3 is 6.18 Å². The zero-order valence-electron chi connectivity index (χ0n) is 16.1. The van der Waals surface area contributed by atoms with Crippen LogP contribution < -0.4 is 10.9 Å². The van der Waals surface area contributed by atoms with E-state index in [4.69, 9.17) is 0 Å². The summed E-state index contributed by atoms with van der Waals surface area (Å²) >= 11 is 1.68. The first kappa shape index (κ1) is 20.5. The van der Waals surface area contributed by atoms with Gasteiger partial charge in [0, 0.05) is 4.90 Å². The summed E-state index contributed by atoms with van der Waals surface area (Å²) in [7, 11) is 0. The van der Waals surface area contributed by atoms with Gasteiger partial charge < -0.3 is 10.3 Å². The highest BCUT2D eigenvalue weighted by Crippen LogP contribution is 2.47. The maximum atomic E-state index is 12.9. The fraction of sp³-hybridized carbons (Fsp3) is 0.273. The van der Waals surface area contributed by atoms with Crippen molar-refractivity contribution in [3.05, 3.63) is 85.7 Å². The molecule has 156 valence electrons. The second-order valence-corrected chi connectivity index (χ2v) is 8.30. The summed E-state index contributed by atoms with van der Waals surface area (Å²) in [6.07, 6.45) is 1.94. The van der Waals surface area contributed by atoms with Crippen molar-refractivity contribution >= 4 is 17.7 Å². The van der Waals surface area contributed by atoms with E-state index in [1.54, 1.807) is 16.7 Å². The van der Waals surface area contributed by atoms with Crippen molar-refractivity contribution in [1.82, 2.24) is 10.3 Å². The summed E-state index contributed by atoms with van der Waals surface area (Å²) in [5.74, 6) is -0.708. The smallest absolute Gasteiger partial charge is 0.341 e. The highest BCUT2D eigenvalue weighted by molar-refractivity contribution is 8.03. The number of hydrogen-bond acceptors (Lipinski definition) is 3. The summed E-state index contributed by atoms with van der Waals surface area (Å²) < 4.78 is 38.4. The Morgan fingerprint density at radius 3 is 2.77 bits per heavy atom. The molecule has 0 bridgehead atoms. The average molecular weight is 432 g/mol. The summed E-state index contributed by atoms with van der Waals surface area (Å²) in [6.45, 7) is 2.04. The van der Waals surface area contributed by atoms with Gasteiger partial charge in [0.25, 0.3) is 11.5 Å². The van der Waals surface area contributed by atoms with Crippen LogP contribution in [0.4, 0.5) is 13.2 Å². The van der Waals surface area contributed by atoms with Gasteiger partial charge in [-0.05, 0) is 59.1 Å². The highest BCUT2D eigenvalue weighted by atomic mass is 32.2. The van der Waals surface area contributed by atoms with E-state index in [9.17, 15) is 22.8 Å². The van der Waals surface area contributed by atoms with Gasteiger partial charge in [-0.25, -0.2) is 0 Å². The molecule has 2 heterocycles. The van der Waals surface area contributed by atoms with Crippen LogP contribution in [0, 0.1) is 0 Å². The molecule has 1 aromatic carbocycles. The number of nitrogens with one attached hydrogen (secondary N) is 2. The third-order valence-corrected chi connectivity index (χ3v) is 6.51. The fourth-order valence-corrected chi connectivity index (χ4v) is 4.87.